The number of rotatable bonds is 7. The van der Waals surface area contributed by atoms with Crippen LogP contribution < -0.4 is 4.74 Å². The molecule has 0 atom stereocenters. The smallest absolute Gasteiger partial charge is 0.254 e. The van der Waals surface area contributed by atoms with Crippen LogP contribution in [0.2, 0.25) is 5.02 Å². The average molecular weight is 521 g/mol. The van der Waals surface area contributed by atoms with Gasteiger partial charge >= 0.3 is 0 Å². The van der Waals surface area contributed by atoms with E-state index in [1.807, 2.05) is 82.3 Å². The van der Waals surface area contributed by atoms with Gasteiger partial charge in [0, 0.05) is 35.0 Å². The number of halogens is 1. The number of carbonyl (C=O) groups excluding carboxylic acids is 1. The Morgan fingerprint density at radius 2 is 1.83 bits per heavy atom. The predicted octanol–water partition coefficient (Wildman–Crippen LogP) is 5.36. The highest BCUT2D eigenvalue weighted by atomic mass is 35.5. The summed E-state index contributed by atoms with van der Waals surface area (Å²) >= 11 is 7.85. The van der Waals surface area contributed by atoms with E-state index in [2.05, 4.69) is 10.2 Å². The highest BCUT2D eigenvalue weighted by molar-refractivity contribution is 7.98. The first kappa shape index (κ1) is 24.4. The molecule has 2 heterocycles. The molecule has 0 aliphatic carbocycles. The molecule has 7 nitrogen and oxygen atoms in total. The zero-order valence-electron chi connectivity index (χ0n) is 19.8. The third kappa shape index (κ3) is 5.26. The second kappa shape index (κ2) is 11.2. The van der Waals surface area contributed by atoms with Crippen molar-refractivity contribution >= 4 is 29.3 Å². The van der Waals surface area contributed by atoms with Crippen molar-refractivity contribution in [3.8, 4) is 22.8 Å². The fraction of sp³-hybridized carbons (Fsp3) is 0.222. The summed E-state index contributed by atoms with van der Waals surface area (Å²) in [5.74, 6) is 2.00. The monoisotopic (exact) mass is 520 g/mol. The molecule has 36 heavy (non-hydrogen) atoms. The van der Waals surface area contributed by atoms with Crippen LogP contribution in [0.25, 0.3) is 17.1 Å². The minimum absolute atomic E-state index is 0.0304. The van der Waals surface area contributed by atoms with Gasteiger partial charge in [0.1, 0.15) is 5.75 Å². The molecule has 5 rings (SSSR count). The van der Waals surface area contributed by atoms with Crippen molar-refractivity contribution in [3.05, 3.63) is 88.9 Å². The molecule has 0 spiro atoms. The lowest BCUT2D eigenvalue weighted by Gasteiger charge is -2.27. The number of hydrogen-bond acceptors (Lipinski definition) is 6. The molecule has 1 amide bonds. The number of benzene rings is 3. The second-order valence-corrected chi connectivity index (χ2v) is 9.58. The molecule has 4 aromatic rings. The van der Waals surface area contributed by atoms with Crippen LogP contribution in [0, 0.1) is 0 Å². The minimum atomic E-state index is 0.0304. The van der Waals surface area contributed by atoms with Crippen molar-refractivity contribution in [2.75, 3.05) is 33.4 Å². The second-order valence-electron chi connectivity index (χ2n) is 8.20. The van der Waals surface area contributed by atoms with E-state index in [0.717, 1.165) is 22.6 Å². The van der Waals surface area contributed by atoms with E-state index in [9.17, 15) is 4.79 Å². The summed E-state index contributed by atoms with van der Waals surface area (Å²) < 4.78 is 12.8. The van der Waals surface area contributed by atoms with E-state index >= 15 is 0 Å². The first-order chi connectivity index (χ1) is 17.6. The zero-order chi connectivity index (χ0) is 24.9. The molecule has 0 radical (unpaired) electrons. The van der Waals surface area contributed by atoms with E-state index in [-0.39, 0.29) is 5.91 Å². The van der Waals surface area contributed by atoms with Crippen molar-refractivity contribution in [3.63, 3.8) is 0 Å². The molecule has 0 bridgehead atoms. The third-order valence-electron chi connectivity index (χ3n) is 5.93. The van der Waals surface area contributed by atoms with Crippen molar-refractivity contribution < 1.29 is 14.3 Å². The number of nitrogens with zero attached hydrogens (tertiary/aromatic N) is 4. The van der Waals surface area contributed by atoms with Crippen LogP contribution in [0.3, 0.4) is 0 Å². The standard InChI is InChI=1S/C27H25ClN4O3S/c1-34-23-10-4-7-19(16-23)25-29-30-27(32(25)22-9-5-8-21(28)17-22)36-18-20-6-2-3-11-24(20)26(33)31-12-14-35-15-13-31/h2-11,16-17H,12-15,18H2,1H3. The Kier molecular flexibility index (Phi) is 7.55. The van der Waals surface area contributed by atoms with Gasteiger partial charge in [-0.15, -0.1) is 10.2 Å². The van der Waals surface area contributed by atoms with Crippen LogP contribution in [-0.4, -0.2) is 59.0 Å². The highest BCUT2D eigenvalue weighted by Gasteiger charge is 2.22. The van der Waals surface area contributed by atoms with Gasteiger partial charge in [-0.25, -0.2) is 0 Å². The van der Waals surface area contributed by atoms with Gasteiger partial charge in [-0.05, 0) is 42.0 Å². The number of ether oxygens (including phenoxy) is 2. The van der Waals surface area contributed by atoms with Gasteiger partial charge in [0.05, 0.1) is 26.0 Å². The van der Waals surface area contributed by atoms with E-state index < -0.39 is 0 Å². The molecule has 0 N–H and O–H groups in total. The fourth-order valence-electron chi connectivity index (χ4n) is 4.09. The van der Waals surface area contributed by atoms with E-state index in [1.54, 1.807) is 7.11 Å². The van der Waals surface area contributed by atoms with E-state index in [0.29, 0.717) is 53.6 Å². The molecule has 184 valence electrons. The van der Waals surface area contributed by atoms with Crippen molar-refractivity contribution in [2.45, 2.75) is 10.9 Å². The number of hydrogen-bond donors (Lipinski definition) is 0. The average Bonchev–Trinajstić information content (AvgIpc) is 3.36. The molecule has 3 aromatic carbocycles. The Hall–Kier alpha value is -3.33. The number of amides is 1. The molecular formula is C27H25ClN4O3S. The van der Waals surface area contributed by atoms with Crippen LogP contribution in [0.1, 0.15) is 15.9 Å². The Morgan fingerprint density at radius 1 is 1.03 bits per heavy atom. The number of methoxy groups -OCH3 is 1. The van der Waals surface area contributed by atoms with Gasteiger partial charge in [-0.3, -0.25) is 9.36 Å². The van der Waals surface area contributed by atoms with Gasteiger partial charge in [0.2, 0.25) is 0 Å². The predicted molar refractivity (Wildman–Crippen MR) is 141 cm³/mol. The van der Waals surface area contributed by atoms with Crippen LogP contribution in [0.4, 0.5) is 0 Å². The lowest BCUT2D eigenvalue weighted by molar-refractivity contribution is 0.0302. The maximum absolute atomic E-state index is 13.2. The molecule has 1 aliphatic rings. The van der Waals surface area contributed by atoms with Crippen LogP contribution in [0.5, 0.6) is 5.75 Å². The minimum Gasteiger partial charge on any atom is -0.497 e. The zero-order valence-corrected chi connectivity index (χ0v) is 21.3. The Morgan fingerprint density at radius 3 is 2.64 bits per heavy atom. The molecule has 9 heteroatoms. The normalized spacial score (nSPS) is 13.6. The number of aromatic nitrogens is 3. The highest BCUT2D eigenvalue weighted by Crippen LogP contribution is 2.32. The molecule has 1 aliphatic heterocycles. The van der Waals surface area contributed by atoms with E-state index in [1.165, 1.54) is 11.8 Å². The maximum Gasteiger partial charge on any atom is 0.254 e. The van der Waals surface area contributed by atoms with Crippen LogP contribution in [-0.2, 0) is 10.5 Å². The summed E-state index contributed by atoms with van der Waals surface area (Å²) in [6.07, 6.45) is 0. The first-order valence-corrected chi connectivity index (χ1v) is 12.9. The SMILES string of the molecule is COc1cccc(-c2nnc(SCc3ccccc3C(=O)N3CCOCC3)n2-c2cccc(Cl)c2)c1. The summed E-state index contributed by atoms with van der Waals surface area (Å²) in [5.41, 5.74) is 3.37. The van der Waals surface area contributed by atoms with Gasteiger partial charge < -0.3 is 14.4 Å². The first-order valence-electron chi connectivity index (χ1n) is 11.6. The third-order valence-corrected chi connectivity index (χ3v) is 7.14. The maximum atomic E-state index is 13.2. The summed E-state index contributed by atoms with van der Waals surface area (Å²) in [5, 5.41) is 10.3. The topological polar surface area (TPSA) is 69.5 Å². The molecule has 1 saturated heterocycles. The van der Waals surface area contributed by atoms with Gasteiger partial charge in [0.15, 0.2) is 11.0 Å². The Balaban J connectivity index is 1.48. The van der Waals surface area contributed by atoms with Crippen molar-refractivity contribution in [2.24, 2.45) is 0 Å². The summed E-state index contributed by atoms with van der Waals surface area (Å²) in [6, 6.07) is 23.0. The summed E-state index contributed by atoms with van der Waals surface area (Å²) in [6.45, 7) is 2.34. The molecule has 1 aromatic heterocycles. The fourth-order valence-corrected chi connectivity index (χ4v) is 5.23. The Labute approximate surface area is 219 Å². The number of thioether (sulfide) groups is 1. The lowest BCUT2D eigenvalue weighted by Crippen LogP contribution is -2.41. The van der Waals surface area contributed by atoms with Gasteiger partial charge in [0.25, 0.3) is 5.91 Å². The molecular weight excluding hydrogens is 496 g/mol. The Bertz CT molecular complexity index is 1370. The molecule has 1 fully saturated rings. The van der Waals surface area contributed by atoms with Crippen LogP contribution in [0.15, 0.2) is 78.0 Å². The van der Waals surface area contributed by atoms with Gasteiger partial charge in [-0.1, -0.05) is 59.8 Å². The van der Waals surface area contributed by atoms with Crippen LogP contribution >= 0.6 is 23.4 Å². The summed E-state index contributed by atoms with van der Waals surface area (Å²) in [4.78, 5) is 15.1. The van der Waals surface area contributed by atoms with Crippen molar-refractivity contribution in [1.82, 2.24) is 19.7 Å². The molecule has 0 saturated carbocycles. The van der Waals surface area contributed by atoms with Crippen molar-refractivity contribution in [1.29, 1.82) is 0 Å². The number of morpholine rings is 1. The number of carbonyl (C=O) groups is 1. The van der Waals surface area contributed by atoms with Gasteiger partial charge in [-0.2, -0.15) is 0 Å². The lowest BCUT2D eigenvalue weighted by atomic mass is 10.1. The summed E-state index contributed by atoms with van der Waals surface area (Å²) in [7, 11) is 1.64. The quantitative estimate of drug-likeness (QED) is 0.305. The van der Waals surface area contributed by atoms with E-state index in [4.69, 9.17) is 21.1 Å². The molecule has 0 unspecified atom stereocenters. The largest absolute Gasteiger partial charge is 0.497 e.